The molecule has 2 atom stereocenters. The number of aromatic nitrogens is 2. The first-order valence-corrected chi connectivity index (χ1v) is 6.82. The summed E-state index contributed by atoms with van der Waals surface area (Å²) in [5.41, 5.74) is 7.04. The second kappa shape index (κ2) is 5.15. The van der Waals surface area contributed by atoms with Crippen molar-refractivity contribution in [2.24, 2.45) is 12.9 Å². The Balaban J connectivity index is 1.97. The summed E-state index contributed by atoms with van der Waals surface area (Å²) in [7, 11) is 1.94. The molecule has 0 saturated carbocycles. The number of nitrogens with one attached hydrogen (secondary N) is 1. The van der Waals surface area contributed by atoms with Crippen molar-refractivity contribution in [3.63, 3.8) is 0 Å². The molecule has 0 amide bonds. The second-order valence-corrected chi connectivity index (χ2v) is 5.29. The lowest BCUT2D eigenvalue weighted by atomic mass is 9.77. The predicted octanol–water partition coefficient (Wildman–Crippen LogP) is 2.04. The predicted molar refractivity (Wildman–Crippen MR) is 75.4 cm³/mol. The van der Waals surface area contributed by atoms with E-state index in [9.17, 15) is 0 Å². The maximum Gasteiger partial charge on any atom is 0.0559 e. The largest absolute Gasteiger partial charge is 0.275 e. The molecule has 2 aromatic rings. The minimum atomic E-state index is 0.134. The minimum Gasteiger partial charge on any atom is -0.275 e. The molecule has 0 bridgehead atoms. The number of rotatable bonds is 3. The molecule has 1 aliphatic rings. The number of nitrogens with two attached hydrogens (primary N) is 1. The Kier molecular flexibility index (Phi) is 3.36. The van der Waals surface area contributed by atoms with Gasteiger partial charge in [-0.2, -0.15) is 5.10 Å². The van der Waals surface area contributed by atoms with Crippen molar-refractivity contribution in [3.8, 4) is 0 Å². The van der Waals surface area contributed by atoms with Gasteiger partial charge >= 0.3 is 0 Å². The summed E-state index contributed by atoms with van der Waals surface area (Å²) in [6.07, 6.45) is 7.52. The van der Waals surface area contributed by atoms with Gasteiger partial charge in [0, 0.05) is 24.7 Å². The van der Waals surface area contributed by atoms with Crippen molar-refractivity contribution >= 4 is 0 Å². The monoisotopic (exact) mass is 256 g/mol. The molecule has 1 aliphatic carbocycles. The van der Waals surface area contributed by atoms with Gasteiger partial charge in [-0.1, -0.05) is 24.3 Å². The van der Waals surface area contributed by atoms with Crippen LogP contribution in [0.15, 0.2) is 36.7 Å². The molecule has 1 aromatic heterocycles. The lowest BCUT2D eigenvalue weighted by Crippen LogP contribution is -2.33. The van der Waals surface area contributed by atoms with Gasteiger partial charge in [0.2, 0.25) is 0 Å². The topological polar surface area (TPSA) is 55.9 Å². The molecule has 3 rings (SSSR count). The van der Waals surface area contributed by atoms with E-state index in [0.717, 1.165) is 5.56 Å². The average molecular weight is 256 g/mol. The summed E-state index contributed by atoms with van der Waals surface area (Å²) in [5, 5.41) is 4.26. The molecule has 4 nitrogen and oxygen atoms in total. The van der Waals surface area contributed by atoms with Gasteiger partial charge in [0.15, 0.2) is 0 Å². The number of aryl methyl sites for hydroxylation is 2. The van der Waals surface area contributed by atoms with Gasteiger partial charge in [0.25, 0.3) is 0 Å². The molecule has 1 heterocycles. The third-order valence-corrected chi connectivity index (χ3v) is 4.08. The minimum absolute atomic E-state index is 0.134. The molecule has 4 heteroatoms. The Labute approximate surface area is 113 Å². The zero-order valence-electron chi connectivity index (χ0n) is 11.2. The number of nitrogens with zero attached hydrogens (tertiary/aromatic N) is 2. The lowest BCUT2D eigenvalue weighted by molar-refractivity contribution is 0.408. The highest BCUT2D eigenvalue weighted by molar-refractivity contribution is 5.35. The number of fused-ring (bicyclic) bond motifs is 1. The quantitative estimate of drug-likeness (QED) is 0.652. The van der Waals surface area contributed by atoms with E-state index in [2.05, 4.69) is 34.8 Å². The van der Waals surface area contributed by atoms with E-state index in [-0.39, 0.29) is 6.04 Å². The van der Waals surface area contributed by atoms with Gasteiger partial charge in [-0.3, -0.25) is 16.0 Å². The number of benzene rings is 1. The van der Waals surface area contributed by atoms with Crippen molar-refractivity contribution < 1.29 is 0 Å². The van der Waals surface area contributed by atoms with E-state index in [1.807, 2.05) is 24.1 Å². The van der Waals surface area contributed by atoms with E-state index in [1.54, 1.807) is 0 Å². The van der Waals surface area contributed by atoms with Crippen LogP contribution in [0.3, 0.4) is 0 Å². The molecule has 0 fully saturated rings. The van der Waals surface area contributed by atoms with Crippen LogP contribution in [-0.2, 0) is 13.5 Å². The SMILES string of the molecule is Cn1cc(C(NN)C2CCCc3ccccc32)cn1. The standard InChI is InChI=1S/C15H20N4/c1-19-10-12(9-17-19)15(18-16)14-8-4-6-11-5-2-3-7-13(11)14/h2-3,5,7,9-10,14-15,18H,4,6,8,16H2,1H3. The van der Waals surface area contributed by atoms with Crippen LogP contribution in [0.25, 0.3) is 0 Å². The fourth-order valence-corrected chi connectivity index (χ4v) is 3.18. The van der Waals surface area contributed by atoms with Crippen LogP contribution in [0, 0.1) is 0 Å². The van der Waals surface area contributed by atoms with Gasteiger partial charge in [-0.25, -0.2) is 0 Å². The molecule has 19 heavy (non-hydrogen) atoms. The van der Waals surface area contributed by atoms with Crippen molar-refractivity contribution in [2.75, 3.05) is 0 Å². The molecule has 1 aromatic carbocycles. The normalized spacial score (nSPS) is 20.0. The molecule has 0 aliphatic heterocycles. The number of hydrogen-bond acceptors (Lipinski definition) is 3. The highest BCUT2D eigenvalue weighted by atomic mass is 15.3. The van der Waals surface area contributed by atoms with Crippen molar-refractivity contribution in [1.29, 1.82) is 0 Å². The van der Waals surface area contributed by atoms with Crippen LogP contribution >= 0.6 is 0 Å². The Morgan fingerprint density at radius 3 is 3.00 bits per heavy atom. The van der Waals surface area contributed by atoms with Crippen molar-refractivity contribution in [1.82, 2.24) is 15.2 Å². The van der Waals surface area contributed by atoms with Crippen LogP contribution in [0.5, 0.6) is 0 Å². The van der Waals surface area contributed by atoms with E-state index in [1.165, 1.54) is 30.4 Å². The van der Waals surface area contributed by atoms with Crippen LogP contribution in [0.1, 0.15) is 41.5 Å². The maximum atomic E-state index is 5.81. The smallest absolute Gasteiger partial charge is 0.0559 e. The summed E-state index contributed by atoms with van der Waals surface area (Å²) >= 11 is 0. The van der Waals surface area contributed by atoms with E-state index < -0.39 is 0 Å². The molecule has 100 valence electrons. The third-order valence-electron chi connectivity index (χ3n) is 4.08. The Morgan fingerprint density at radius 1 is 1.42 bits per heavy atom. The van der Waals surface area contributed by atoms with Gasteiger partial charge in [0.05, 0.1) is 12.2 Å². The molecule has 0 spiro atoms. The second-order valence-electron chi connectivity index (χ2n) is 5.29. The third kappa shape index (κ3) is 2.29. The van der Waals surface area contributed by atoms with Crippen LogP contribution in [0.2, 0.25) is 0 Å². The maximum absolute atomic E-state index is 5.81. The first kappa shape index (κ1) is 12.4. The lowest BCUT2D eigenvalue weighted by Gasteiger charge is -2.31. The van der Waals surface area contributed by atoms with E-state index in [0.29, 0.717) is 5.92 Å². The molecule has 0 radical (unpaired) electrons. The van der Waals surface area contributed by atoms with Gasteiger partial charge < -0.3 is 0 Å². The zero-order valence-corrected chi connectivity index (χ0v) is 11.2. The summed E-state index contributed by atoms with van der Waals surface area (Å²) in [5.74, 6) is 6.24. The van der Waals surface area contributed by atoms with E-state index in [4.69, 9.17) is 5.84 Å². The summed E-state index contributed by atoms with van der Waals surface area (Å²) in [4.78, 5) is 0. The highest BCUT2D eigenvalue weighted by Gasteiger charge is 2.28. The van der Waals surface area contributed by atoms with Crippen molar-refractivity contribution in [2.45, 2.75) is 31.2 Å². The molecule has 2 unspecified atom stereocenters. The van der Waals surface area contributed by atoms with Crippen LogP contribution in [0.4, 0.5) is 0 Å². The highest BCUT2D eigenvalue weighted by Crippen LogP contribution is 2.39. The van der Waals surface area contributed by atoms with Crippen molar-refractivity contribution in [3.05, 3.63) is 53.3 Å². The van der Waals surface area contributed by atoms with Crippen LogP contribution < -0.4 is 11.3 Å². The van der Waals surface area contributed by atoms with Gasteiger partial charge in [-0.15, -0.1) is 0 Å². The average Bonchev–Trinajstić information content (AvgIpc) is 2.86. The van der Waals surface area contributed by atoms with Gasteiger partial charge in [0.1, 0.15) is 0 Å². The summed E-state index contributed by atoms with van der Waals surface area (Å²) < 4.78 is 1.83. The Bertz CT molecular complexity index is 561. The first-order valence-electron chi connectivity index (χ1n) is 6.82. The fraction of sp³-hybridized carbons (Fsp3) is 0.400. The summed E-state index contributed by atoms with van der Waals surface area (Å²) in [6, 6.07) is 8.85. The van der Waals surface area contributed by atoms with E-state index >= 15 is 0 Å². The van der Waals surface area contributed by atoms with Crippen LogP contribution in [-0.4, -0.2) is 9.78 Å². The van der Waals surface area contributed by atoms with Gasteiger partial charge in [-0.05, 0) is 30.4 Å². The summed E-state index contributed by atoms with van der Waals surface area (Å²) in [6.45, 7) is 0. The Morgan fingerprint density at radius 2 is 2.26 bits per heavy atom. The molecular formula is C15H20N4. The molecule has 0 saturated heterocycles. The number of hydrazine groups is 1. The Hall–Kier alpha value is -1.65. The number of hydrogen-bond donors (Lipinski definition) is 2. The molecule has 3 N–H and O–H groups in total. The zero-order chi connectivity index (χ0) is 13.2. The first-order chi connectivity index (χ1) is 9.29. The fourth-order valence-electron chi connectivity index (χ4n) is 3.18. The molecular weight excluding hydrogens is 236 g/mol.